The molecule has 0 unspecified atom stereocenters. The summed E-state index contributed by atoms with van der Waals surface area (Å²) in [6.07, 6.45) is 5.35. The summed E-state index contributed by atoms with van der Waals surface area (Å²) in [7, 11) is 0. The molecule has 27 heavy (non-hydrogen) atoms. The van der Waals surface area contributed by atoms with Crippen LogP contribution in [0.5, 0.6) is 0 Å². The van der Waals surface area contributed by atoms with Crippen molar-refractivity contribution in [2.24, 2.45) is 0 Å². The number of hydrogen-bond acceptors (Lipinski definition) is 9. The van der Waals surface area contributed by atoms with E-state index in [9.17, 15) is 0 Å². The minimum absolute atomic E-state index is 0.784. The zero-order chi connectivity index (χ0) is 18.3. The van der Waals surface area contributed by atoms with Crippen LogP contribution in [-0.2, 0) is 19.6 Å². The second-order valence-corrected chi connectivity index (χ2v) is 6.71. The molecule has 3 aromatic rings. The maximum absolute atomic E-state index is 4.20. The Morgan fingerprint density at radius 3 is 1.07 bits per heavy atom. The van der Waals surface area contributed by atoms with Crippen molar-refractivity contribution in [3.8, 4) is 0 Å². The molecule has 0 radical (unpaired) electrons. The van der Waals surface area contributed by atoms with Crippen molar-refractivity contribution in [3.05, 3.63) is 35.7 Å². The molecule has 0 saturated carbocycles. The fraction of sp³-hybridized carbons (Fsp3) is 0.600. The van der Waals surface area contributed by atoms with Gasteiger partial charge in [0.05, 0.1) is 35.7 Å². The third-order valence-corrected chi connectivity index (χ3v) is 4.75. The second kappa shape index (κ2) is 8.79. The van der Waals surface area contributed by atoms with Gasteiger partial charge >= 0.3 is 0 Å². The molecule has 0 atom stereocenters. The number of aromatic nitrogens is 9. The van der Waals surface area contributed by atoms with E-state index < -0.39 is 0 Å². The van der Waals surface area contributed by atoms with Crippen LogP contribution in [0.3, 0.4) is 0 Å². The SMILES string of the molecule is c1n[nH]nc1CN1CCN(Cc2cn[nH]n2)CCN(Cc2cn[nH]n2)CC1. The number of H-pyrrole nitrogens is 3. The summed E-state index contributed by atoms with van der Waals surface area (Å²) in [4.78, 5) is 7.23. The summed E-state index contributed by atoms with van der Waals surface area (Å²) in [5.74, 6) is 0. The standard InChI is InChI=1S/C15H24N12/c1-2-26(11-14-8-17-23-20-14)5-6-27(12-15-9-18-24-21-15)4-3-25(1)10-13-7-16-22-19-13/h7-9H,1-6,10-12H2,(H,16,19,22)(H,17,20,23)(H,18,21,24). The highest BCUT2D eigenvalue weighted by atomic mass is 15.4. The molecular weight excluding hydrogens is 348 g/mol. The maximum atomic E-state index is 4.20. The van der Waals surface area contributed by atoms with Gasteiger partial charge in [0.2, 0.25) is 0 Å². The van der Waals surface area contributed by atoms with Gasteiger partial charge in [-0.2, -0.15) is 46.2 Å². The third-order valence-electron chi connectivity index (χ3n) is 4.75. The van der Waals surface area contributed by atoms with Gasteiger partial charge in [0.15, 0.2) is 0 Å². The topological polar surface area (TPSA) is 134 Å². The minimum Gasteiger partial charge on any atom is -0.295 e. The van der Waals surface area contributed by atoms with E-state index in [1.54, 1.807) is 18.6 Å². The summed E-state index contributed by atoms with van der Waals surface area (Å²) in [6.45, 7) is 8.12. The molecule has 1 aliphatic rings. The van der Waals surface area contributed by atoms with Gasteiger partial charge in [0.1, 0.15) is 0 Å². The lowest BCUT2D eigenvalue weighted by atomic mass is 10.3. The van der Waals surface area contributed by atoms with Gasteiger partial charge in [0, 0.05) is 58.9 Å². The van der Waals surface area contributed by atoms with Gasteiger partial charge in [-0.25, -0.2) is 0 Å². The zero-order valence-electron chi connectivity index (χ0n) is 15.1. The molecule has 12 nitrogen and oxygen atoms in total. The van der Waals surface area contributed by atoms with Crippen molar-refractivity contribution in [1.82, 2.24) is 60.9 Å². The number of nitrogens with zero attached hydrogens (tertiary/aromatic N) is 9. The first-order valence-corrected chi connectivity index (χ1v) is 9.06. The summed E-state index contributed by atoms with van der Waals surface area (Å²) in [5.41, 5.74) is 2.88. The van der Waals surface area contributed by atoms with Gasteiger partial charge < -0.3 is 0 Å². The summed E-state index contributed by atoms with van der Waals surface area (Å²) < 4.78 is 0. The van der Waals surface area contributed by atoms with Gasteiger partial charge in [-0.3, -0.25) is 14.7 Å². The Balaban J connectivity index is 1.43. The van der Waals surface area contributed by atoms with Crippen molar-refractivity contribution in [2.45, 2.75) is 19.6 Å². The monoisotopic (exact) mass is 372 g/mol. The van der Waals surface area contributed by atoms with E-state index in [2.05, 4.69) is 60.9 Å². The van der Waals surface area contributed by atoms with E-state index in [-0.39, 0.29) is 0 Å². The average molecular weight is 372 g/mol. The maximum Gasteiger partial charge on any atom is 0.0964 e. The van der Waals surface area contributed by atoms with Crippen LogP contribution in [0.25, 0.3) is 0 Å². The summed E-state index contributed by atoms with van der Waals surface area (Å²) in [6, 6.07) is 0. The smallest absolute Gasteiger partial charge is 0.0964 e. The Bertz CT molecular complexity index is 636. The Morgan fingerprint density at radius 2 is 0.852 bits per heavy atom. The van der Waals surface area contributed by atoms with E-state index in [0.29, 0.717) is 0 Å². The van der Waals surface area contributed by atoms with Crippen LogP contribution >= 0.6 is 0 Å². The number of rotatable bonds is 6. The molecule has 3 N–H and O–H groups in total. The predicted octanol–water partition coefficient (Wildman–Crippen LogP) is -1.14. The van der Waals surface area contributed by atoms with Crippen LogP contribution in [-0.4, -0.2) is 100 Å². The molecule has 1 fully saturated rings. The Morgan fingerprint density at radius 1 is 0.556 bits per heavy atom. The Hall–Kier alpha value is -2.70. The number of nitrogens with one attached hydrogen (secondary N) is 3. The van der Waals surface area contributed by atoms with Crippen LogP contribution in [0.15, 0.2) is 18.6 Å². The normalized spacial score (nSPS) is 18.2. The highest BCUT2D eigenvalue weighted by Crippen LogP contribution is 2.08. The lowest BCUT2D eigenvalue weighted by Gasteiger charge is -2.24. The first-order chi connectivity index (χ1) is 13.3. The van der Waals surface area contributed by atoms with Crippen molar-refractivity contribution >= 4 is 0 Å². The Kier molecular flexibility index (Phi) is 5.76. The van der Waals surface area contributed by atoms with Gasteiger partial charge in [-0.15, -0.1) is 0 Å². The molecule has 0 aromatic carbocycles. The van der Waals surface area contributed by atoms with Crippen molar-refractivity contribution in [3.63, 3.8) is 0 Å². The fourth-order valence-electron chi connectivity index (χ4n) is 3.25. The number of aromatic amines is 3. The van der Waals surface area contributed by atoms with E-state index in [4.69, 9.17) is 0 Å². The van der Waals surface area contributed by atoms with Crippen LogP contribution in [0.2, 0.25) is 0 Å². The molecule has 1 saturated heterocycles. The van der Waals surface area contributed by atoms with Crippen molar-refractivity contribution in [2.75, 3.05) is 39.3 Å². The number of hydrogen-bond donors (Lipinski definition) is 3. The minimum atomic E-state index is 0.784. The molecule has 0 amide bonds. The highest BCUT2D eigenvalue weighted by Gasteiger charge is 2.18. The van der Waals surface area contributed by atoms with Gasteiger partial charge in [0.25, 0.3) is 0 Å². The molecule has 0 aliphatic carbocycles. The summed E-state index contributed by atoms with van der Waals surface area (Å²) in [5, 5.41) is 32.4. The van der Waals surface area contributed by atoms with Crippen LogP contribution in [0.4, 0.5) is 0 Å². The predicted molar refractivity (Wildman–Crippen MR) is 95.0 cm³/mol. The molecule has 4 heterocycles. The summed E-state index contributed by atoms with van der Waals surface area (Å²) >= 11 is 0. The molecular formula is C15H24N12. The lowest BCUT2D eigenvalue weighted by molar-refractivity contribution is 0.206. The van der Waals surface area contributed by atoms with Gasteiger partial charge in [-0.05, 0) is 0 Å². The Labute approximate surface area is 156 Å². The molecule has 3 aromatic heterocycles. The van der Waals surface area contributed by atoms with Crippen LogP contribution < -0.4 is 0 Å². The first kappa shape index (κ1) is 17.7. The van der Waals surface area contributed by atoms with Gasteiger partial charge in [-0.1, -0.05) is 0 Å². The molecule has 1 aliphatic heterocycles. The van der Waals surface area contributed by atoms with Crippen molar-refractivity contribution in [1.29, 1.82) is 0 Å². The van der Waals surface area contributed by atoms with Crippen LogP contribution in [0, 0.1) is 0 Å². The highest BCUT2D eigenvalue weighted by molar-refractivity contribution is 4.94. The second-order valence-electron chi connectivity index (χ2n) is 6.71. The molecule has 0 bridgehead atoms. The average Bonchev–Trinajstić information content (AvgIpc) is 3.44. The van der Waals surface area contributed by atoms with Crippen molar-refractivity contribution < 1.29 is 0 Å². The third kappa shape index (κ3) is 5.15. The quantitative estimate of drug-likeness (QED) is 0.491. The largest absolute Gasteiger partial charge is 0.295 e. The van der Waals surface area contributed by atoms with E-state index in [0.717, 1.165) is 76.0 Å². The first-order valence-electron chi connectivity index (χ1n) is 9.06. The molecule has 0 spiro atoms. The zero-order valence-corrected chi connectivity index (χ0v) is 15.1. The van der Waals surface area contributed by atoms with E-state index in [1.807, 2.05) is 0 Å². The molecule has 144 valence electrons. The van der Waals surface area contributed by atoms with Crippen LogP contribution in [0.1, 0.15) is 17.1 Å². The van der Waals surface area contributed by atoms with E-state index in [1.165, 1.54) is 0 Å². The fourth-order valence-corrected chi connectivity index (χ4v) is 3.25. The van der Waals surface area contributed by atoms with E-state index >= 15 is 0 Å². The lowest BCUT2D eigenvalue weighted by Crippen LogP contribution is -2.35. The molecule has 4 rings (SSSR count). The molecule has 12 heteroatoms.